The molecule has 6 nitrogen and oxygen atoms in total. The maximum atomic E-state index is 11.1. The predicted octanol–water partition coefficient (Wildman–Crippen LogP) is 20.9. The summed E-state index contributed by atoms with van der Waals surface area (Å²) in [7, 11) is 0. The van der Waals surface area contributed by atoms with Gasteiger partial charge < -0.3 is 14.4 Å². The normalized spacial score (nSPS) is 12.1. The zero-order valence-corrected chi connectivity index (χ0v) is 52.2. The molecule has 0 saturated carbocycles. The lowest BCUT2D eigenvalue weighted by molar-refractivity contribution is 1.13. The Hall–Kier alpha value is -12.9. The van der Waals surface area contributed by atoms with Gasteiger partial charge >= 0.3 is 0 Å². The first-order valence-electron chi connectivity index (χ1n) is 32.6. The molecule has 0 saturated heterocycles. The van der Waals surface area contributed by atoms with E-state index < -0.39 is 0 Å². The second-order valence-corrected chi connectivity index (χ2v) is 24.7. The Morgan fingerprint density at radius 3 is 1.16 bits per heavy atom. The van der Waals surface area contributed by atoms with E-state index in [4.69, 9.17) is 9.97 Å². The van der Waals surface area contributed by atoms with E-state index in [9.17, 15) is 5.26 Å². The first-order valence-corrected chi connectivity index (χ1v) is 32.6. The summed E-state index contributed by atoms with van der Waals surface area (Å²) in [5.74, 6) is 0.473. The largest absolute Gasteiger partial charge is 0.311 e. The van der Waals surface area contributed by atoms with Crippen molar-refractivity contribution in [3.8, 4) is 101 Å². The molecule has 2 aliphatic heterocycles. The van der Waals surface area contributed by atoms with Gasteiger partial charge in [0, 0.05) is 56.0 Å². The van der Waals surface area contributed by atoms with E-state index in [1.165, 1.54) is 49.8 Å². The van der Waals surface area contributed by atoms with Crippen LogP contribution in [0, 0.1) is 11.3 Å². The number of rotatable bonds is 11. The third-order valence-electron chi connectivity index (χ3n) is 19.2. The molecule has 14 aromatic carbocycles. The molecule has 0 bridgehead atoms. The molecule has 96 heavy (non-hydrogen) atoms. The maximum Gasteiger partial charge on any atom is 0.252 e. The third kappa shape index (κ3) is 9.58. The quantitative estimate of drug-likeness (QED) is 0.121. The van der Waals surface area contributed by atoms with Gasteiger partial charge in [-0.2, -0.15) is 5.26 Å². The van der Waals surface area contributed by atoms with Gasteiger partial charge in [-0.1, -0.05) is 261 Å². The van der Waals surface area contributed by atoms with Gasteiger partial charge in [0.25, 0.3) is 6.71 Å². The molecule has 0 radical (unpaired) electrons. The highest BCUT2D eigenvalue weighted by Gasteiger charge is 2.44. The molecule has 18 rings (SSSR count). The lowest BCUT2D eigenvalue weighted by atomic mass is 9.33. The smallest absolute Gasteiger partial charge is 0.252 e. The average molecular weight is 1220 g/mol. The van der Waals surface area contributed by atoms with E-state index in [1.807, 2.05) is 54.6 Å². The molecule has 0 N–H and O–H groups in total. The summed E-state index contributed by atoms with van der Waals surface area (Å²) in [6, 6.07) is 127. The molecule has 2 aliphatic rings. The number of nitrogens with zero attached hydrogens (tertiary/aromatic N) is 6. The minimum absolute atomic E-state index is 0.166. The van der Waals surface area contributed by atoms with Crippen LogP contribution in [0.4, 0.5) is 34.1 Å². The molecule has 16 aromatic rings. The van der Waals surface area contributed by atoms with Crippen LogP contribution in [0.25, 0.3) is 117 Å². The van der Waals surface area contributed by atoms with Crippen LogP contribution in [0.2, 0.25) is 0 Å². The van der Waals surface area contributed by atoms with Crippen LogP contribution in [0.15, 0.2) is 346 Å². The number of anilines is 6. The summed E-state index contributed by atoms with van der Waals surface area (Å²) in [6.07, 6.45) is 0. The van der Waals surface area contributed by atoms with Gasteiger partial charge in [0.2, 0.25) is 0 Å². The Balaban J connectivity index is 0.884. The number of aromatic nitrogens is 3. The van der Waals surface area contributed by atoms with Gasteiger partial charge in [-0.25, -0.2) is 9.97 Å². The Morgan fingerprint density at radius 2 is 0.677 bits per heavy atom. The van der Waals surface area contributed by atoms with Crippen LogP contribution >= 0.6 is 0 Å². The van der Waals surface area contributed by atoms with Crippen molar-refractivity contribution >= 4 is 79.0 Å². The highest BCUT2D eigenvalue weighted by Crippen LogP contribution is 2.49. The number of nitriles is 1. The zero-order chi connectivity index (χ0) is 63.6. The van der Waals surface area contributed by atoms with E-state index in [-0.39, 0.29) is 6.71 Å². The van der Waals surface area contributed by atoms with Crippen LogP contribution in [-0.4, -0.2) is 21.2 Å². The molecule has 0 aliphatic carbocycles. The van der Waals surface area contributed by atoms with Crippen molar-refractivity contribution in [2.75, 3.05) is 9.80 Å². The molecule has 2 aromatic heterocycles. The summed E-state index contributed by atoms with van der Waals surface area (Å²) in [5.41, 5.74) is 29.1. The predicted molar refractivity (Wildman–Crippen MR) is 399 cm³/mol. The second-order valence-electron chi connectivity index (χ2n) is 24.7. The molecular weight excluding hydrogens is 1160 g/mol. The van der Waals surface area contributed by atoms with Crippen molar-refractivity contribution in [2.45, 2.75) is 0 Å². The van der Waals surface area contributed by atoms with E-state index in [2.05, 4.69) is 312 Å². The Labute approximate surface area is 557 Å². The van der Waals surface area contributed by atoms with Crippen molar-refractivity contribution < 1.29 is 0 Å². The molecule has 7 heteroatoms. The van der Waals surface area contributed by atoms with Gasteiger partial charge in [0.15, 0.2) is 5.82 Å². The first kappa shape index (κ1) is 55.9. The number of benzene rings is 14. The average Bonchev–Trinajstić information content (AvgIpc) is 0.788. The van der Waals surface area contributed by atoms with E-state index in [0.29, 0.717) is 17.0 Å². The summed E-state index contributed by atoms with van der Waals surface area (Å²) >= 11 is 0. The van der Waals surface area contributed by atoms with E-state index in [1.54, 1.807) is 0 Å². The Bertz CT molecular complexity index is 5440. The highest BCUT2D eigenvalue weighted by molar-refractivity contribution is 7.00. The number of hydrogen-bond acceptors (Lipinski definition) is 5. The second kappa shape index (κ2) is 23.3. The number of hydrogen-bond donors (Lipinski definition) is 0. The lowest BCUT2D eigenvalue weighted by Crippen LogP contribution is -2.61. The monoisotopic (exact) mass is 1220 g/mol. The minimum Gasteiger partial charge on any atom is -0.311 e. The summed E-state index contributed by atoms with van der Waals surface area (Å²) in [6.45, 7) is -0.166. The van der Waals surface area contributed by atoms with Crippen molar-refractivity contribution in [3.05, 3.63) is 351 Å². The number of para-hydroxylation sites is 1. The standard InChI is InChI=1S/C89H57BN6/c91-58-70-34-21-37-84(87(70)89-92-78(65-30-15-5-16-31-65)57-79(93-89)66-32-17-6-18-33-66)96-80-36-20-19-35-74(80)75-52-67(42-49-81(75)96)71-55-85-88-86(56-71)95(73-47-40-64(41-48-73)60-24-9-2-10-25-60)83-51-44-69(62-28-13-4-14-29-62)54-77(83)90(88)76-53-68(61-26-11-3-12-27-61)43-50-82(76)94(85)72-45-38-63(39-46-72)59-22-7-1-8-23-59/h1-57H. The molecule has 0 fully saturated rings. The fourth-order valence-corrected chi connectivity index (χ4v) is 14.8. The SMILES string of the molecule is N#Cc1cccc(-n2c3ccccc3c3cc(-c4cc5c6c(c4)N(c4ccc(-c7ccccc7)cc4)c4ccc(-c7ccccc7)cc4B6c4cc(-c6ccccc6)ccc4N5c4ccc(-c5ccccc5)cc4)ccc32)c1-c1nc(-c2ccccc2)cc(-c2ccccc2)n1. The molecule has 4 heterocycles. The van der Waals surface area contributed by atoms with Gasteiger partial charge in [0.1, 0.15) is 0 Å². The summed E-state index contributed by atoms with van der Waals surface area (Å²) < 4.78 is 2.30. The van der Waals surface area contributed by atoms with Crippen molar-refractivity contribution in [2.24, 2.45) is 0 Å². The molecule has 0 spiro atoms. The lowest BCUT2D eigenvalue weighted by Gasteiger charge is -2.44. The van der Waals surface area contributed by atoms with Crippen molar-refractivity contribution in [1.29, 1.82) is 5.26 Å². The van der Waals surface area contributed by atoms with Gasteiger partial charge in [0.05, 0.1) is 45.3 Å². The van der Waals surface area contributed by atoms with Gasteiger partial charge in [-0.3, -0.25) is 0 Å². The van der Waals surface area contributed by atoms with Gasteiger partial charge in [-0.05, 0) is 157 Å². The number of fused-ring (bicyclic) bond motifs is 7. The fourth-order valence-electron chi connectivity index (χ4n) is 14.8. The maximum absolute atomic E-state index is 11.1. The molecular formula is C89H57BN6. The summed E-state index contributed by atoms with van der Waals surface area (Å²) in [5, 5.41) is 13.3. The minimum atomic E-state index is -0.166. The molecule has 446 valence electrons. The van der Waals surface area contributed by atoms with E-state index >= 15 is 0 Å². The highest BCUT2D eigenvalue weighted by atomic mass is 15.2. The molecule has 0 amide bonds. The summed E-state index contributed by atoms with van der Waals surface area (Å²) in [4.78, 5) is 15.7. The van der Waals surface area contributed by atoms with Gasteiger partial charge in [-0.15, -0.1) is 0 Å². The van der Waals surface area contributed by atoms with Crippen LogP contribution < -0.4 is 26.2 Å². The van der Waals surface area contributed by atoms with Crippen molar-refractivity contribution in [1.82, 2.24) is 14.5 Å². The zero-order valence-electron chi connectivity index (χ0n) is 52.2. The first-order chi connectivity index (χ1) is 47.6. The molecule has 0 unspecified atom stereocenters. The van der Waals surface area contributed by atoms with Crippen LogP contribution in [-0.2, 0) is 0 Å². The third-order valence-corrected chi connectivity index (χ3v) is 19.2. The Morgan fingerprint density at radius 1 is 0.281 bits per heavy atom. The van der Waals surface area contributed by atoms with Crippen LogP contribution in [0.3, 0.4) is 0 Å². The van der Waals surface area contributed by atoms with E-state index in [0.717, 1.165) is 106 Å². The van der Waals surface area contributed by atoms with Crippen molar-refractivity contribution in [3.63, 3.8) is 0 Å². The van der Waals surface area contributed by atoms with Crippen LogP contribution in [0.5, 0.6) is 0 Å². The molecule has 0 atom stereocenters. The topological polar surface area (TPSA) is 61.0 Å². The fraction of sp³-hybridized carbons (Fsp3) is 0. The Kier molecular flexibility index (Phi) is 13.6. The van der Waals surface area contributed by atoms with Crippen LogP contribution in [0.1, 0.15) is 5.56 Å².